The fraction of sp³-hybridized carbons (Fsp3) is 0.333. The van der Waals surface area contributed by atoms with Gasteiger partial charge in [-0.3, -0.25) is 0 Å². The first-order valence-electron chi connectivity index (χ1n) is 4.96. The van der Waals surface area contributed by atoms with Crippen LogP contribution in [0.1, 0.15) is 5.56 Å². The summed E-state index contributed by atoms with van der Waals surface area (Å²) in [6, 6.07) is 8.13. The van der Waals surface area contributed by atoms with Crippen molar-refractivity contribution in [2.75, 3.05) is 26.4 Å². The van der Waals surface area contributed by atoms with Gasteiger partial charge in [0, 0.05) is 4.47 Å². The summed E-state index contributed by atoms with van der Waals surface area (Å²) in [5.41, 5.74) is 2.35. The van der Waals surface area contributed by atoms with Gasteiger partial charge in [0.05, 0.1) is 26.4 Å². The summed E-state index contributed by atoms with van der Waals surface area (Å²) < 4.78 is 11.9. The van der Waals surface area contributed by atoms with E-state index in [1.165, 1.54) is 11.1 Å². The van der Waals surface area contributed by atoms with Crippen molar-refractivity contribution in [1.82, 2.24) is 0 Å². The Labute approximate surface area is 98.0 Å². The van der Waals surface area contributed by atoms with E-state index < -0.39 is 0 Å². The Morgan fingerprint density at radius 1 is 1.07 bits per heavy atom. The van der Waals surface area contributed by atoms with Gasteiger partial charge in [-0.15, -0.1) is 0 Å². The predicted octanol–water partition coefficient (Wildman–Crippen LogP) is 2.88. The van der Waals surface area contributed by atoms with Gasteiger partial charge in [0.25, 0.3) is 0 Å². The summed E-state index contributed by atoms with van der Waals surface area (Å²) in [6.45, 7) is 2.71. The van der Waals surface area contributed by atoms with E-state index in [1.54, 1.807) is 0 Å². The van der Waals surface area contributed by atoms with Gasteiger partial charge in [-0.25, -0.2) is 0 Å². The topological polar surface area (TPSA) is 18.5 Å². The standard InChI is InChI=1S/C12H13BrO2/c13-12-4-2-1-3-11(12)7-10-8-14-5-6-15-9-10/h1-4,7H,5-6,8-9H2. The smallest absolute Gasteiger partial charge is 0.0705 e. The molecule has 0 spiro atoms. The molecule has 80 valence electrons. The largest absolute Gasteiger partial charge is 0.375 e. The van der Waals surface area contributed by atoms with Crippen molar-refractivity contribution in [1.29, 1.82) is 0 Å². The highest BCUT2D eigenvalue weighted by Gasteiger charge is 2.05. The molecular formula is C12H13BrO2. The second-order valence-corrected chi connectivity index (χ2v) is 4.28. The Morgan fingerprint density at radius 2 is 1.73 bits per heavy atom. The molecule has 0 unspecified atom stereocenters. The van der Waals surface area contributed by atoms with Crippen LogP contribution in [0.25, 0.3) is 6.08 Å². The molecule has 0 bridgehead atoms. The SMILES string of the molecule is Brc1ccccc1C=C1COCCOC1. The van der Waals surface area contributed by atoms with Crippen LogP contribution in [-0.2, 0) is 9.47 Å². The molecule has 2 rings (SSSR count). The second-order valence-electron chi connectivity index (χ2n) is 3.43. The molecule has 1 saturated heterocycles. The number of rotatable bonds is 1. The molecule has 0 radical (unpaired) electrons. The lowest BCUT2D eigenvalue weighted by Crippen LogP contribution is -1.97. The highest BCUT2D eigenvalue weighted by molar-refractivity contribution is 9.10. The molecule has 0 aromatic heterocycles. The van der Waals surface area contributed by atoms with Crippen LogP contribution in [0.15, 0.2) is 34.3 Å². The summed E-state index contributed by atoms with van der Waals surface area (Å²) in [6.07, 6.45) is 2.12. The highest BCUT2D eigenvalue weighted by atomic mass is 79.9. The molecule has 0 N–H and O–H groups in total. The van der Waals surface area contributed by atoms with Crippen molar-refractivity contribution in [2.45, 2.75) is 0 Å². The van der Waals surface area contributed by atoms with Crippen LogP contribution in [0.3, 0.4) is 0 Å². The number of hydrogen-bond donors (Lipinski definition) is 0. The lowest BCUT2D eigenvalue weighted by Gasteiger charge is -2.03. The number of ether oxygens (including phenoxy) is 2. The van der Waals surface area contributed by atoms with Gasteiger partial charge in [-0.1, -0.05) is 40.2 Å². The van der Waals surface area contributed by atoms with Crippen LogP contribution >= 0.6 is 15.9 Å². The van der Waals surface area contributed by atoms with Crippen LogP contribution in [0.5, 0.6) is 0 Å². The lowest BCUT2D eigenvalue weighted by molar-refractivity contribution is 0.103. The Balaban J connectivity index is 2.17. The number of benzene rings is 1. The van der Waals surface area contributed by atoms with Crippen molar-refractivity contribution >= 4 is 22.0 Å². The zero-order chi connectivity index (χ0) is 10.5. The zero-order valence-corrected chi connectivity index (χ0v) is 10.00. The van der Waals surface area contributed by atoms with Crippen LogP contribution in [0, 0.1) is 0 Å². The molecule has 3 heteroatoms. The quantitative estimate of drug-likeness (QED) is 0.780. The maximum Gasteiger partial charge on any atom is 0.0705 e. The van der Waals surface area contributed by atoms with E-state index in [9.17, 15) is 0 Å². The Morgan fingerprint density at radius 3 is 2.40 bits per heavy atom. The fourth-order valence-corrected chi connectivity index (χ4v) is 1.86. The van der Waals surface area contributed by atoms with E-state index >= 15 is 0 Å². The summed E-state index contributed by atoms with van der Waals surface area (Å²) in [7, 11) is 0. The summed E-state index contributed by atoms with van der Waals surface area (Å²) >= 11 is 3.52. The van der Waals surface area contributed by atoms with Gasteiger partial charge in [0.15, 0.2) is 0 Å². The molecule has 0 atom stereocenters. The molecule has 0 amide bonds. The zero-order valence-electron chi connectivity index (χ0n) is 8.41. The predicted molar refractivity (Wildman–Crippen MR) is 63.8 cm³/mol. The molecule has 0 aliphatic carbocycles. The third kappa shape index (κ3) is 3.16. The van der Waals surface area contributed by atoms with Gasteiger partial charge in [0.2, 0.25) is 0 Å². The van der Waals surface area contributed by atoms with Gasteiger partial charge in [0.1, 0.15) is 0 Å². The molecular weight excluding hydrogens is 256 g/mol. The molecule has 1 aliphatic heterocycles. The molecule has 1 aromatic carbocycles. The average Bonchev–Trinajstić information content (AvgIpc) is 2.50. The fourth-order valence-electron chi connectivity index (χ4n) is 1.46. The molecule has 15 heavy (non-hydrogen) atoms. The van der Waals surface area contributed by atoms with Crippen molar-refractivity contribution in [3.63, 3.8) is 0 Å². The summed E-state index contributed by atoms with van der Waals surface area (Å²) in [5, 5.41) is 0. The first-order chi connectivity index (χ1) is 7.36. The second kappa shape index (κ2) is 5.45. The van der Waals surface area contributed by atoms with E-state index in [-0.39, 0.29) is 0 Å². The Bertz CT molecular complexity index is 350. The lowest BCUT2D eigenvalue weighted by atomic mass is 10.1. The first kappa shape index (κ1) is 10.9. The van der Waals surface area contributed by atoms with Crippen LogP contribution in [0.2, 0.25) is 0 Å². The molecule has 1 aromatic rings. The van der Waals surface area contributed by atoms with Crippen molar-refractivity contribution < 1.29 is 9.47 Å². The van der Waals surface area contributed by atoms with E-state index in [2.05, 4.69) is 28.1 Å². The third-order valence-corrected chi connectivity index (χ3v) is 2.93. The maximum absolute atomic E-state index is 5.41. The minimum atomic E-state index is 0.668. The van der Waals surface area contributed by atoms with Gasteiger partial charge in [-0.05, 0) is 17.2 Å². The first-order valence-corrected chi connectivity index (χ1v) is 5.75. The van der Waals surface area contributed by atoms with Crippen molar-refractivity contribution in [2.24, 2.45) is 0 Å². The summed E-state index contributed by atoms with van der Waals surface area (Å²) in [5.74, 6) is 0. The third-order valence-electron chi connectivity index (χ3n) is 2.21. The van der Waals surface area contributed by atoms with Crippen molar-refractivity contribution in [3.05, 3.63) is 39.9 Å². The number of hydrogen-bond acceptors (Lipinski definition) is 2. The van der Waals surface area contributed by atoms with Gasteiger partial charge in [-0.2, -0.15) is 0 Å². The number of halogens is 1. The van der Waals surface area contributed by atoms with Crippen LogP contribution < -0.4 is 0 Å². The van der Waals surface area contributed by atoms with Crippen LogP contribution in [-0.4, -0.2) is 26.4 Å². The molecule has 1 fully saturated rings. The van der Waals surface area contributed by atoms with E-state index in [0.29, 0.717) is 26.4 Å². The van der Waals surface area contributed by atoms with Gasteiger partial charge < -0.3 is 9.47 Å². The molecule has 1 aliphatic rings. The maximum atomic E-state index is 5.41. The monoisotopic (exact) mass is 268 g/mol. The average molecular weight is 269 g/mol. The molecule has 2 nitrogen and oxygen atoms in total. The Kier molecular flexibility index (Phi) is 3.94. The molecule has 1 heterocycles. The summed E-state index contributed by atoms with van der Waals surface area (Å²) in [4.78, 5) is 0. The minimum Gasteiger partial charge on any atom is -0.375 e. The van der Waals surface area contributed by atoms with E-state index in [0.717, 1.165) is 4.47 Å². The Hall–Kier alpha value is -0.640. The van der Waals surface area contributed by atoms with Crippen molar-refractivity contribution in [3.8, 4) is 0 Å². The minimum absolute atomic E-state index is 0.668. The normalized spacial score (nSPS) is 17.3. The van der Waals surface area contributed by atoms with E-state index in [1.807, 2.05) is 18.2 Å². The van der Waals surface area contributed by atoms with E-state index in [4.69, 9.17) is 9.47 Å². The molecule has 0 saturated carbocycles. The highest BCUT2D eigenvalue weighted by Crippen LogP contribution is 2.19. The van der Waals surface area contributed by atoms with Gasteiger partial charge >= 0.3 is 0 Å². The van der Waals surface area contributed by atoms with Crippen LogP contribution in [0.4, 0.5) is 0 Å².